The Morgan fingerprint density at radius 1 is 1.30 bits per heavy atom. The number of hydrogen-bond acceptors (Lipinski definition) is 5. The van der Waals surface area contributed by atoms with Gasteiger partial charge in [-0.05, 0) is 30.7 Å². The van der Waals surface area contributed by atoms with E-state index in [2.05, 4.69) is 0 Å². The van der Waals surface area contributed by atoms with E-state index >= 15 is 0 Å². The molecule has 142 valence electrons. The average molecular weight is 397 g/mol. The minimum absolute atomic E-state index is 0.0310. The topological polar surface area (TPSA) is 87.4 Å². The predicted molar refractivity (Wildman–Crippen MR) is 89.1 cm³/mol. The zero-order chi connectivity index (χ0) is 20.1. The van der Waals surface area contributed by atoms with Crippen LogP contribution in [0.3, 0.4) is 0 Å². The standard InChI is InChI=1S/C18H14F3NO4S/c1-9-3-14(26-12-5-10(8-22)4-11(19)6-12)13-7-18(20,21)17(23)15(13)16(9)27(2,24)25/h3-6,17,23H,7H2,1-2H3. The molecule has 3 rings (SSSR count). The summed E-state index contributed by atoms with van der Waals surface area (Å²) in [6, 6.07) is 6.17. The lowest BCUT2D eigenvalue weighted by Gasteiger charge is -2.18. The van der Waals surface area contributed by atoms with Crippen LogP contribution >= 0.6 is 0 Å². The van der Waals surface area contributed by atoms with E-state index in [0.29, 0.717) is 0 Å². The van der Waals surface area contributed by atoms with Gasteiger partial charge in [0.25, 0.3) is 5.92 Å². The quantitative estimate of drug-likeness (QED) is 0.858. The molecule has 0 saturated carbocycles. The fourth-order valence-corrected chi connectivity index (χ4v) is 4.52. The molecule has 1 N–H and O–H groups in total. The predicted octanol–water partition coefficient (Wildman–Crippen LogP) is 3.43. The number of sulfone groups is 1. The van der Waals surface area contributed by atoms with Crippen molar-refractivity contribution in [3.05, 3.63) is 52.3 Å². The molecule has 0 saturated heterocycles. The van der Waals surface area contributed by atoms with Crippen LogP contribution in [0.25, 0.3) is 0 Å². The molecule has 1 atom stereocenters. The summed E-state index contributed by atoms with van der Waals surface area (Å²) >= 11 is 0. The van der Waals surface area contributed by atoms with Gasteiger partial charge in [0.1, 0.15) is 23.4 Å². The van der Waals surface area contributed by atoms with Crippen molar-refractivity contribution in [2.75, 3.05) is 6.26 Å². The molecular formula is C18H14F3NO4S. The number of hydrogen-bond donors (Lipinski definition) is 1. The van der Waals surface area contributed by atoms with Crippen LogP contribution in [0.4, 0.5) is 13.2 Å². The number of aliphatic hydroxyl groups excluding tert-OH is 1. The summed E-state index contributed by atoms with van der Waals surface area (Å²) in [5.41, 5.74) is -0.493. The van der Waals surface area contributed by atoms with E-state index in [1.165, 1.54) is 19.1 Å². The van der Waals surface area contributed by atoms with Gasteiger partial charge in [-0.25, -0.2) is 21.6 Å². The van der Waals surface area contributed by atoms with Crippen molar-refractivity contribution in [1.29, 1.82) is 5.26 Å². The first-order valence-electron chi connectivity index (χ1n) is 7.75. The van der Waals surface area contributed by atoms with Gasteiger partial charge in [-0.2, -0.15) is 5.26 Å². The summed E-state index contributed by atoms with van der Waals surface area (Å²) in [6.45, 7) is 1.39. The monoisotopic (exact) mass is 397 g/mol. The minimum atomic E-state index is -3.90. The van der Waals surface area contributed by atoms with Gasteiger partial charge >= 0.3 is 0 Å². The molecule has 0 fully saturated rings. The molecule has 1 unspecified atom stereocenters. The van der Waals surface area contributed by atoms with Crippen LogP contribution in [-0.4, -0.2) is 25.7 Å². The Balaban J connectivity index is 2.22. The van der Waals surface area contributed by atoms with E-state index in [4.69, 9.17) is 10.00 Å². The van der Waals surface area contributed by atoms with E-state index < -0.39 is 39.7 Å². The van der Waals surface area contributed by atoms with E-state index in [1.807, 2.05) is 0 Å². The largest absolute Gasteiger partial charge is 0.457 e. The lowest BCUT2D eigenvalue weighted by molar-refractivity contribution is -0.0976. The first-order chi connectivity index (χ1) is 12.4. The van der Waals surface area contributed by atoms with Crippen LogP contribution in [-0.2, 0) is 16.3 Å². The highest BCUT2D eigenvalue weighted by molar-refractivity contribution is 7.90. The zero-order valence-electron chi connectivity index (χ0n) is 14.3. The third-order valence-electron chi connectivity index (χ3n) is 4.26. The third-order valence-corrected chi connectivity index (χ3v) is 5.54. The van der Waals surface area contributed by atoms with Crippen molar-refractivity contribution >= 4 is 9.84 Å². The SMILES string of the molecule is Cc1cc(Oc2cc(F)cc(C#N)c2)c2c(c1S(C)(=O)=O)C(O)C(F)(F)C2. The second-order valence-electron chi connectivity index (χ2n) is 6.41. The maximum absolute atomic E-state index is 14.1. The van der Waals surface area contributed by atoms with E-state index in [-0.39, 0.29) is 33.1 Å². The lowest BCUT2D eigenvalue weighted by Crippen LogP contribution is -2.22. The van der Waals surface area contributed by atoms with Gasteiger partial charge in [-0.15, -0.1) is 0 Å². The Labute approximate surface area is 153 Å². The number of aliphatic hydroxyl groups is 1. The van der Waals surface area contributed by atoms with Gasteiger partial charge in [0, 0.05) is 29.9 Å². The Morgan fingerprint density at radius 2 is 1.96 bits per heavy atom. The Hall–Kier alpha value is -2.57. The molecule has 0 bridgehead atoms. The fraction of sp³-hybridized carbons (Fsp3) is 0.278. The summed E-state index contributed by atoms with van der Waals surface area (Å²) in [4.78, 5) is -0.369. The number of fused-ring (bicyclic) bond motifs is 1. The number of alkyl halides is 2. The molecule has 9 heteroatoms. The van der Waals surface area contributed by atoms with Crippen molar-refractivity contribution in [2.45, 2.75) is 30.3 Å². The van der Waals surface area contributed by atoms with Crippen LogP contribution in [0.15, 0.2) is 29.2 Å². The van der Waals surface area contributed by atoms with Gasteiger partial charge < -0.3 is 9.84 Å². The van der Waals surface area contributed by atoms with Crippen molar-refractivity contribution < 1.29 is 31.4 Å². The molecule has 0 heterocycles. The van der Waals surface area contributed by atoms with Gasteiger partial charge in [-0.3, -0.25) is 0 Å². The highest BCUT2D eigenvalue weighted by Crippen LogP contribution is 2.50. The van der Waals surface area contributed by atoms with Gasteiger partial charge in [0.2, 0.25) is 0 Å². The summed E-state index contributed by atoms with van der Waals surface area (Å²) in [5, 5.41) is 18.9. The lowest BCUT2D eigenvalue weighted by atomic mass is 10.0. The third kappa shape index (κ3) is 3.38. The fourth-order valence-electron chi connectivity index (χ4n) is 3.24. The van der Waals surface area contributed by atoms with Crippen LogP contribution in [0.1, 0.15) is 28.4 Å². The summed E-state index contributed by atoms with van der Waals surface area (Å²) < 4.78 is 71.5. The van der Waals surface area contributed by atoms with Crippen LogP contribution in [0, 0.1) is 24.1 Å². The molecule has 2 aromatic rings. The first kappa shape index (κ1) is 19.2. The van der Waals surface area contributed by atoms with E-state index in [0.717, 1.165) is 18.4 Å². The summed E-state index contributed by atoms with van der Waals surface area (Å²) in [5.74, 6) is -4.56. The van der Waals surface area contributed by atoms with Crippen LogP contribution in [0.5, 0.6) is 11.5 Å². The smallest absolute Gasteiger partial charge is 0.281 e. The number of nitriles is 1. The molecule has 0 radical (unpaired) electrons. The van der Waals surface area contributed by atoms with E-state index in [9.17, 15) is 26.7 Å². The first-order valence-corrected chi connectivity index (χ1v) is 9.64. The number of rotatable bonds is 3. The Kier molecular flexibility index (Phi) is 4.44. The number of nitrogens with zero attached hydrogens (tertiary/aromatic N) is 1. The highest BCUT2D eigenvalue weighted by atomic mass is 32.2. The number of benzene rings is 2. The van der Waals surface area contributed by atoms with Crippen LogP contribution in [0.2, 0.25) is 0 Å². The Bertz CT molecular complexity index is 1090. The van der Waals surface area contributed by atoms with Crippen molar-refractivity contribution in [1.82, 2.24) is 0 Å². The zero-order valence-corrected chi connectivity index (χ0v) is 15.1. The van der Waals surface area contributed by atoms with Crippen LogP contribution < -0.4 is 4.74 Å². The molecule has 27 heavy (non-hydrogen) atoms. The minimum Gasteiger partial charge on any atom is -0.457 e. The maximum Gasteiger partial charge on any atom is 0.281 e. The molecular weight excluding hydrogens is 383 g/mol. The second kappa shape index (κ2) is 6.25. The highest BCUT2D eigenvalue weighted by Gasteiger charge is 2.50. The second-order valence-corrected chi connectivity index (χ2v) is 8.37. The Morgan fingerprint density at radius 3 is 2.56 bits per heavy atom. The summed E-state index contributed by atoms with van der Waals surface area (Å²) in [7, 11) is -3.90. The number of ether oxygens (including phenoxy) is 1. The van der Waals surface area contributed by atoms with Gasteiger partial charge in [0.05, 0.1) is 16.5 Å². The van der Waals surface area contributed by atoms with Crippen molar-refractivity contribution in [3.63, 3.8) is 0 Å². The summed E-state index contributed by atoms with van der Waals surface area (Å²) in [6.07, 6.45) is -2.37. The number of aryl methyl sites for hydroxylation is 1. The normalized spacial score (nSPS) is 18.0. The molecule has 0 aromatic heterocycles. The van der Waals surface area contributed by atoms with Gasteiger partial charge in [-0.1, -0.05) is 0 Å². The molecule has 0 spiro atoms. The molecule has 1 aliphatic rings. The maximum atomic E-state index is 14.1. The molecule has 1 aliphatic carbocycles. The van der Waals surface area contributed by atoms with E-state index in [1.54, 1.807) is 6.07 Å². The molecule has 0 amide bonds. The molecule has 0 aliphatic heterocycles. The average Bonchev–Trinajstić information content (AvgIpc) is 2.76. The van der Waals surface area contributed by atoms with Gasteiger partial charge in [0.15, 0.2) is 9.84 Å². The molecule has 2 aromatic carbocycles. The van der Waals surface area contributed by atoms with Crippen molar-refractivity contribution in [3.8, 4) is 17.6 Å². The number of halogens is 3. The van der Waals surface area contributed by atoms with Crippen molar-refractivity contribution in [2.24, 2.45) is 0 Å². The molecule has 5 nitrogen and oxygen atoms in total.